The fourth-order valence-electron chi connectivity index (χ4n) is 3.82. The fourth-order valence-corrected chi connectivity index (χ4v) is 6.08. The molecule has 0 aliphatic heterocycles. The second kappa shape index (κ2) is 8.94. The van der Waals surface area contributed by atoms with Crippen molar-refractivity contribution in [2.75, 3.05) is 0 Å². The Morgan fingerprint density at radius 3 is 2.80 bits per heavy atom. The summed E-state index contributed by atoms with van der Waals surface area (Å²) in [5, 5.41) is 4.12. The number of hydrogen-bond donors (Lipinski definition) is 1. The highest BCUT2D eigenvalue weighted by Gasteiger charge is 2.25. The summed E-state index contributed by atoms with van der Waals surface area (Å²) < 4.78 is 1.77. The average Bonchev–Trinajstić information content (AvgIpc) is 3.31. The number of hydrogen-bond acceptors (Lipinski definition) is 5. The molecule has 5 nitrogen and oxygen atoms in total. The maximum Gasteiger partial charge on any atom is 0.263 e. The number of nitrogens with zero attached hydrogens (tertiary/aromatic N) is 2. The fraction of sp³-hybridized carbons (Fsp3) is 0.435. The molecular formula is C23H27N3O2S2. The highest BCUT2D eigenvalue weighted by atomic mass is 32.2. The predicted octanol–water partition coefficient (Wildman–Crippen LogP) is 4.46. The number of benzene rings is 1. The normalized spacial score (nSPS) is 14.1. The Bertz CT molecular complexity index is 1130. The maximum absolute atomic E-state index is 13.3. The first kappa shape index (κ1) is 21.1. The van der Waals surface area contributed by atoms with Crippen LogP contribution in [0.15, 0.2) is 34.2 Å². The molecule has 7 heteroatoms. The van der Waals surface area contributed by atoms with Crippen LogP contribution in [0.5, 0.6) is 0 Å². The van der Waals surface area contributed by atoms with Crippen LogP contribution in [0, 0.1) is 6.92 Å². The Morgan fingerprint density at radius 1 is 1.30 bits per heavy atom. The molecule has 0 bridgehead atoms. The van der Waals surface area contributed by atoms with E-state index in [0.717, 1.165) is 41.5 Å². The number of thioether (sulfide) groups is 1. The van der Waals surface area contributed by atoms with Crippen LogP contribution in [0.4, 0.5) is 0 Å². The predicted molar refractivity (Wildman–Crippen MR) is 125 cm³/mol. The van der Waals surface area contributed by atoms with Crippen LogP contribution in [0.2, 0.25) is 0 Å². The third kappa shape index (κ3) is 4.18. The van der Waals surface area contributed by atoms with E-state index in [1.54, 1.807) is 15.9 Å². The quantitative estimate of drug-likeness (QED) is 0.434. The monoisotopic (exact) mass is 441 g/mol. The second-order valence-corrected chi connectivity index (χ2v) is 10.2. The Labute approximate surface area is 184 Å². The van der Waals surface area contributed by atoms with Gasteiger partial charge in [-0.3, -0.25) is 14.2 Å². The number of rotatable bonds is 7. The molecular weight excluding hydrogens is 414 g/mol. The number of nitrogens with one attached hydrogen (secondary N) is 1. The molecule has 3 aromatic rings. The molecule has 1 unspecified atom stereocenters. The smallest absolute Gasteiger partial charge is 0.263 e. The SMILES string of the molecule is CCCn1c(SC(C)C(=O)NCc2ccc(C)cc2)nc2sc3c(c2c1=O)CCC3. The summed E-state index contributed by atoms with van der Waals surface area (Å²) in [7, 11) is 0. The van der Waals surface area contributed by atoms with E-state index in [2.05, 4.69) is 12.2 Å². The topological polar surface area (TPSA) is 64.0 Å². The minimum absolute atomic E-state index is 0.0494. The largest absolute Gasteiger partial charge is 0.351 e. The highest BCUT2D eigenvalue weighted by Crippen LogP contribution is 2.36. The Hall–Kier alpha value is -2.12. The number of amides is 1. The first-order chi connectivity index (χ1) is 14.5. The molecule has 158 valence electrons. The molecule has 0 spiro atoms. The summed E-state index contributed by atoms with van der Waals surface area (Å²) in [5.41, 5.74) is 3.53. The van der Waals surface area contributed by atoms with Crippen molar-refractivity contribution in [2.45, 2.75) is 70.0 Å². The van der Waals surface area contributed by atoms with Gasteiger partial charge in [-0.15, -0.1) is 11.3 Å². The zero-order chi connectivity index (χ0) is 21.3. The third-order valence-electron chi connectivity index (χ3n) is 5.48. The van der Waals surface area contributed by atoms with Gasteiger partial charge in [0.25, 0.3) is 5.56 Å². The lowest BCUT2D eigenvalue weighted by atomic mass is 10.1. The van der Waals surface area contributed by atoms with Crippen molar-refractivity contribution in [2.24, 2.45) is 0 Å². The summed E-state index contributed by atoms with van der Waals surface area (Å²) in [6, 6.07) is 8.14. The van der Waals surface area contributed by atoms with Crippen molar-refractivity contribution in [3.63, 3.8) is 0 Å². The lowest BCUT2D eigenvalue weighted by molar-refractivity contribution is -0.120. The van der Waals surface area contributed by atoms with Gasteiger partial charge in [0.2, 0.25) is 5.91 Å². The zero-order valence-corrected chi connectivity index (χ0v) is 19.3. The Morgan fingerprint density at radius 2 is 2.07 bits per heavy atom. The number of aryl methyl sites for hydroxylation is 3. The molecule has 0 saturated heterocycles. The number of fused-ring (bicyclic) bond motifs is 3. The van der Waals surface area contributed by atoms with Crippen molar-refractivity contribution >= 4 is 39.2 Å². The van der Waals surface area contributed by atoms with Crippen molar-refractivity contribution in [3.8, 4) is 0 Å². The molecule has 4 rings (SSSR count). The van der Waals surface area contributed by atoms with Gasteiger partial charge in [-0.05, 0) is 50.7 Å². The minimum Gasteiger partial charge on any atom is -0.351 e. The maximum atomic E-state index is 13.3. The van der Waals surface area contributed by atoms with E-state index < -0.39 is 0 Å². The Kier molecular flexibility index (Phi) is 6.29. The summed E-state index contributed by atoms with van der Waals surface area (Å²) >= 11 is 3.02. The average molecular weight is 442 g/mol. The van der Waals surface area contributed by atoms with Gasteiger partial charge in [0.05, 0.1) is 10.6 Å². The van der Waals surface area contributed by atoms with Gasteiger partial charge in [0.1, 0.15) is 4.83 Å². The van der Waals surface area contributed by atoms with E-state index in [0.29, 0.717) is 18.2 Å². The molecule has 30 heavy (non-hydrogen) atoms. The molecule has 0 fully saturated rings. The number of carbonyl (C=O) groups is 1. The van der Waals surface area contributed by atoms with Gasteiger partial charge in [0, 0.05) is 18.0 Å². The van der Waals surface area contributed by atoms with Gasteiger partial charge >= 0.3 is 0 Å². The molecule has 0 saturated carbocycles. The van der Waals surface area contributed by atoms with Gasteiger partial charge in [0.15, 0.2) is 5.16 Å². The van der Waals surface area contributed by atoms with Gasteiger partial charge in [-0.2, -0.15) is 0 Å². The van der Waals surface area contributed by atoms with Gasteiger partial charge < -0.3 is 5.32 Å². The molecule has 1 aliphatic carbocycles. The van der Waals surface area contributed by atoms with E-state index >= 15 is 0 Å². The number of thiophene rings is 1. The van der Waals surface area contributed by atoms with Gasteiger partial charge in [-0.1, -0.05) is 48.5 Å². The van der Waals surface area contributed by atoms with Crippen LogP contribution in [0.3, 0.4) is 0 Å². The van der Waals surface area contributed by atoms with Crippen LogP contribution in [-0.4, -0.2) is 20.7 Å². The Balaban J connectivity index is 1.54. The van der Waals surface area contributed by atoms with Crippen molar-refractivity contribution in [3.05, 3.63) is 56.2 Å². The summed E-state index contributed by atoms with van der Waals surface area (Å²) in [5.74, 6) is -0.0494. The standard InChI is InChI=1S/C23H27N3O2S2/c1-4-12-26-22(28)19-17-6-5-7-18(17)30-21(19)25-23(26)29-15(3)20(27)24-13-16-10-8-14(2)9-11-16/h8-11,15H,4-7,12-13H2,1-3H3,(H,24,27). The summed E-state index contributed by atoms with van der Waals surface area (Å²) in [6.45, 7) is 7.09. The first-order valence-electron chi connectivity index (χ1n) is 10.5. The molecule has 2 heterocycles. The molecule has 1 aliphatic rings. The summed E-state index contributed by atoms with van der Waals surface area (Å²) in [4.78, 5) is 32.9. The van der Waals surface area contributed by atoms with Crippen molar-refractivity contribution in [1.82, 2.24) is 14.9 Å². The van der Waals surface area contributed by atoms with E-state index in [9.17, 15) is 9.59 Å². The van der Waals surface area contributed by atoms with Crippen LogP contribution in [-0.2, 0) is 30.7 Å². The highest BCUT2D eigenvalue weighted by molar-refractivity contribution is 8.00. The number of aromatic nitrogens is 2. The molecule has 1 aromatic carbocycles. The lowest BCUT2D eigenvalue weighted by Crippen LogP contribution is -2.31. The van der Waals surface area contributed by atoms with Crippen LogP contribution < -0.4 is 10.9 Å². The zero-order valence-electron chi connectivity index (χ0n) is 17.7. The second-order valence-electron chi connectivity index (χ2n) is 7.85. The first-order valence-corrected chi connectivity index (χ1v) is 12.2. The van der Waals surface area contributed by atoms with E-state index in [1.807, 2.05) is 38.1 Å². The molecule has 0 radical (unpaired) electrons. The molecule has 1 N–H and O–H groups in total. The van der Waals surface area contributed by atoms with Crippen molar-refractivity contribution in [1.29, 1.82) is 0 Å². The minimum atomic E-state index is -0.338. The van der Waals surface area contributed by atoms with Crippen molar-refractivity contribution < 1.29 is 4.79 Å². The van der Waals surface area contributed by atoms with Crippen LogP contribution >= 0.6 is 23.1 Å². The number of carbonyl (C=O) groups excluding carboxylic acids is 1. The van der Waals surface area contributed by atoms with Gasteiger partial charge in [-0.25, -0.2) is 4.98 Å². The van der Waals surface area contributed by atoms with Crippen LogP contribution in [0.1, 0.15) is 48.3 Å². The molecule has 2 aromatic heterocycles. The van der Waals surface area contributed by atoms with Crippen LogP contribution in [0.25, 0.3) is 10.2 Å². The molecule has 1 amide bonds. The van der Waals surface area contributed by atoms with E-state index in [-0.39, 0.29) is 16.7 Å². The van der Waals surface area contributed by atoms with E-state index in [1.165, 1.54) is 27.8 Å². The summed E-state index contributed by atoms with van der Waals surface area (Å²) in [6.07, 6.45) is 3.99. The van der Waals surface area contributed by atoms with E-state index in [4.69, 9.17) is 4.98 Å². The lowest BCUT2D eigenvalue weighted by Gasteiger charge is -2.15. The molecule has 1 atom stereocenters. The third-order valence-corrected chi connectivity index (χ3v) is 7.75.